The van der Waals surface area contributed by atoms with Gasteiger partial charge in [-0.1, -0.05) is 30.3 Å². The summed E-state index contributed by atoms with van der Waals surface area (Å²) in [5.74, 6) is -0.365. The highest BCUT2D eigenvalue weighted by Crippen LogP contribution is 2.29. The van der Waals surface area contributed by atoms with Crippen LogP contribution < -0.4 is 10.6 Å². The number of pyridine rings is 1. The number of anilines is 2. The van der Waals surface area contributed by atoms with E-state index in [0.29, 0.717) is 16.1 Å². The van der Waals surface area contributed by atoms with Crippen molar-refractivity contribution < 1.29 is 15.0 Å². The molecule has 0 bridgehead atoms. The number of nitrogens with zero attached hydrogens (tertiary/aromatic N) is 1. The van der Waals surface area contributed by atoms with Crippen LogP contribution in [-0.4, -0.2) is 38.7 Å². The lowest BCUT2D eigenvalue weighted by molar-refractivity contribution is 0.0706. The van der Waals surface area contributed by atoms with Crippen molar-refractivity contribution in [2.45, 2.75) is 12.1 Å². The molecule has 8 heteroatoms. The fourth-order valence-corrected chi connectivity index (χ4v) is 3.89. The van der Waals surface area contributed by atoms with E-state index in [4.69, 9.17) is 0 Å². The molecule has 148 valence electrons. The number of aromatic amines is 1. The van der Waals surface area contributed by atoms with E-state index in [9.17, 15) is 15.0 Å². The molecule has 0 saturated carbocycles. The number of benzene rings is 1. The van der Waals surface area contributed by atoms with Crippen LogP contribution in [0.25, 0.3) is 11.0 Å². The van der Waals surface area contributed by atoms with Crippen LogP contribution in [-0.2, 0) is 0 Å². The zero-order valence-electron chi connectivity index (χ0n) is 15.4. The highest BCUT2D eigenvalue weighted by atomic mass is 32.1. The van der Waals surface area contributed by atoms with Crippen molar-refractivity contribution in [2.24, 2.45) is 0 Å². The van der Waals surface area contributed by atoms with Crippen LogP contribution in [0.4, 0.5) is 11.4 Å². The molecule has 0 aliphatic rings. The van der Waals surface area contributed by atoms with Crippen molar-refractivity contribution in [3.05, 3.63) is 76.7 Å². The van der Waals surface area contributed by atoms with Gasteiger partial charge in [-0.05, 0) is 29.1 Å². The van der Waals surface area contributed by atoms with Crippen LogP contribution >= 0.6 is 11.3 Å². The molecule has 3 aromatic heterocycles. The fraction of sp³-hybridized carbons (Fsp3) is 0.143. The lowest BCUT2D eigenvalue weighted by Gasteiger charge is -2.22. The second kappa shape index (κ2) is 8.44. The largest absolute Gasteiger partial charge is 0.394 e. The van der Waals surface area contributed by atoms with Gasteiger partial charge < -0.3 is 25.8 Å². The average molecular weight is 408 g/mol. The molecule has 1 amide bonds. The number of thiophene rings is 1. The number of hydrogen-bond acceptors (Lipinski definition) is 6. The molecular formula is C21H20N4O3S. The summed E-state index contributed by atoms with van der Waals surface area (Å²) in [6, 6.07) is 13.7. The number of carbonyl (C=O) groups is 1. The highest BCUT2D eigenvalue weighted by molar-refractivity contribution is 7.12. The number of carbonyl (C=O) groups excluding carboxylic acids is 1. The van der Waals surface area contributed by atoms with Gasteiger partial charge in [0.15, 0.2) is 0 Å². The first kappa shape index (κ1) is 19.1. The zero-order valence-corrected chi connectivity index (χ0v) is 16.2. The molecule has 7 nitrogen and oxygen atoms in total. The number of aliphatic hydroxyl groups excluding tert-OH is 2. The van der Waals surface area contributed by atoms with Gasteiger partial charge in [-0.15, -0.1) is 11.3 Å². The quantitative estimate of drug-likeness (QED) is 0.323. The van der Waals surface area contributed by atoms with Crippen LogP contribution in [0.1, 0.15) is 21.3 Å². The van der Waals surface area contributed by atoms with Gasteiger partial charge in [0, 0.05) is 17.8 Å². The van der Waals surface area contributed by atoms with Crippen molar-refractivity contribution in [1.82, 2.24) is 15.3 Å². The molecule has 0 radical (unpaired) electrons. The van der Waals surface area contributed by atoms with E-state index in [1.54, 1.807) is 36.7 Å². The second-order valence-electron chi connectivity index (χ2n) is 6.50. The van der Waals surface area contributed by atoms with Gasteiger partial charge in [0.05, 0.1) is 24.0 Å². The zero-order chi connectivity index (χ0) is 20.2. The minimum absolute atomic E-state index is 0.365. The van der Waals surface area contributed by atoms with E-state index in [-0.39, 0.29) is 12.5 Å². The minimum Gasteiger partial charge on any atom is -0.394 e. The average Bonchev–Trinajstić information content (AvgIpc) is 3.42. The third-order valence-corrected chi connectivity index (χ3v) is 5.55. The number of aromatic nitrogens is 2. The van der Waals surface area contributed by atoms with Crippen LogP contribution in [0.2, 0.25) is 0 Å². The fourth-order valence-electron chi connectivity index (χ4n) is 3.14. The van der Waals surface area contributed by atoms with E-state index in [2.05, 4.69) is 20.6 Å². The van der Waals surface area contributed by atoms with Crippen molar-refractivity contribution >= 4 is 39.7 Å². The summed E-state index contributed by atoms with van der Waals surface area (Å²) in [5, 5.41) is 29.0. The third kappa shape index (κ3) is 4.00. The van der Waals surface area contributed by atoms with E-state index < -0.39 is 12.1 Å². The predicted molar refractivity (Wildman–Crippen MR) is 113 cm³/mol. The first-order valence-corrected chi connectivity index (χ1v) is 9.96. The number of rotatable bonds is 7. The van der Waals surface area contributed by atoms with Gasteiger partial charge >= 0.3 is 0 Å². The van der Waals surface area contributed by atoms with Gasteiger partial charge in [0.1, 0.15) is 16.6 Å². The van der Waals surface area contributed by atoms with Crippen LogP contribution in [0.3, 0.4) is 0 Å². The maximum Gasteiger partial charge on any atom is 0.263 e. The summed E-state index contributed by atoms with van der Waals surface area (Å²) in [7, 11) is 0. The Labute approximate surface area is 171 Å². The summed E-state index contributed by atoms with van der Waals surface area (Å²) >= 11 is 1.28. The molecule has 0 saturated heterocycles. The Morgan fingerprint density at radius 2 is 1.97 bits per heavy atom. The Hall–Kier alpha value is -3.20. The topological polar surface area (TPSA) is 110 Å². The molecule has 4 aromatic rings. The van der Waals surface area contributed by atoms with Crippen molar-refractivity contribution in [3.8, 4) is 0 Å². The summed E-state index contributed by atoms with van der Waals surface area (Å²) in [6.07, 6.45) is 2.48. The van der Waals surface area contributed by atoms with E-state index in [0.717, 1.165) is 16.7 Å². The monoisotopic (exact) mass is 408 g/mol. The number of fused-ring (bicyclic) bond motifs is 1. The third-order valence-electron chi connectivity index (χ3n) is 4.64. The second-order valence-corrected chi connectivity index (χ2v) is 7.42. The molecular weight excluding hydrogens is 388 g/mol. The Bertz CT molecular complexity index is 1110. The number of amides is 1. The van der Waals surface area contributed by atoms with Gasteiger partial charge in [-0.2, -0.15) is 0 Å². The maximum atomic E-state index is 12.9. The SMILES string of the molecule is O=C(NC(CO)C(O)c1ccccc1)c1sccc1Nc1ccnc2[nH]ccc12. The van der Waals surface area contributed by atoms with E-state index in [1.165, 1.54) is 11.3 Å². The van der Waals surface area contributed by atoms with Crippen molar-refractivity contribution in [3.63, 3.8) is 0 Å². The Kier molecular flexibility index (Phi) is 5.57. The van der Waals surface area contributed by atoms with Crippen LogP contribution in [0, 0.1) is 0 Å². The standard InChI is InChI=1S/C21H20N4O3S/c26-12-17(18(27)13-4-2-1-3-5-13)25-21(28)19-16(8-11-29-19)24-15-7-10-23-20-14(15)6-9-22-20/h1-11,17-18,26-27H,12H2,(H,25,28)(H2,22,23,24). The van der Waals surface area contributed by atoms with Crippen LogP contribution in [0.15, 0.2) is 66.3 Å². The molecule has 1 aromatic carbocycles. The minimum atomic E-state index is -1.01. The first-order valence-electron chi connectivity index (χ1n) is 9.08. The summed E-state index contributed by atoms with van der Waals surface area (Å²) < 4.78 is 0. The van der Waals surface area contributed by atoms with Gasteiger partial charge in [0.2, 0.25) is 0 Å². The normalized spacial score (nSPS) is 13.2. The molecule has 4 rings (SSSR count). The smallest absolute Gasteiger partial charge is 0.263 e. The summed E-state index contributed by atoms with van der Waals surface area (Å²) in [4.78, 5) is 20.6. The van der Waals surface area contributed by atoms with E-state index in [1.807, 2.05) is 29.6 Å². The molecule has 5 N–H and O–H groups in total. The molecule has 0 aliphatic heterocycles. The molecule has 0 aliphatic carbocycles. The Morgan fingerprint density at radius 1 is 1.14 bits per heavy atom. The highest BCUT2D eigenvalue weighted by Gasteiger charge is 2.24. The lowest BCUT2D eigenvalue weighted by atomic mass is 10.0. The maximum absolute atomic E-state index is 12.9. The molecule has 3 heterocycles. The Balaban J connectivity index is 1.53. The molecule has 29 heavy (non-hydrogen) atoms. The van der Waals surface area contributed by atoms with E-state index >= 15 is 0 Å². The first-order chi connectivity index (χ1) is 14.2. The molecule has 2 atom stereocenters. The molecule has 2 unspecified atom stereocenters. The molecule has 0 spiro atoms. The summed E-state index contributed by atoms with van der Waals surface area (Å²) in [6.45, 7) is -0.385. The van der Waals surface area contributed by atoms with Crippen LogP contribution in [0.5, 0.6) is 0 Å². The number of H-pyrrole nitrogens is 1. The number of aliphatic hydroxyl groups is 2. The van der Waals surface area contributed by atoms with Gasteiger partial charge in [-0.25, -0.2) is 4.98 Å². The van der Waals surface area contributed by atoms with Gasteiger partial charge in [0.25, 0.3) is 5.91 Å². The Morgan fingerprint density at radius 3 is 2.76 bits per heavy atom. The lowest BCUT2D eigenvalue weighted by Crippen LogP contribution is -2.41. The van der Waals surface area contributed by atoms with Gasteiger partial charge in [-0.3, -0.25) is 4.79 Å². The van der Waals surface area contributed by atoms with Crippen molar-refractivity contribution in [2.75, 3.05) is 11.9 Å². The van der Waals surface area contributed by atoms with Crippen molar-refractivity contribution in [1.29, 1.82) is 0 Å². The number of hydrogen-bond donors (Lipinski definition) is 5. The molecule has 0 fully saturated rings. The summed E-state index contributed by atoms with van der Waals surface area (Å²) in [5.41, 5.74) is 2.85. The number of nitrogens with one attached hydrogen (secondary N) is 3. The predicted octanol–water partition coefficient (Wildman–Crippen LogP) is 3.19.